The van der Waals surface area contributed by atoms with Crippen LogP contribution >= 0.6 is 0 Å². The van der Waals surface area contributed by atoms with Gasteiger partial charge in [-0.15, -0.1) is 5.10 Å². The molecular formula is C20H22FN5O. The maximum atomic E-state index is 13.2. The molecule has 0 bridgehead atoms. The van der Waals surface area contributed by atoms with Crippen LogP contribution in [0.2, 0.25) is 0 Å². The van der Waals surface area contributed by atoms with E-state index in [1.54, 1.807) is 22.9 Å². The minimum absolute atomic E-state index is 0.390. The number of anilines is 2. The molecule has 2 amide bonds. The zero-order valence-electron chi connectivity index (χ0n) is 15.3. The third-order valence-electron chi connectivity index (χ3n) is 3.99. The summed E-state index contributed by atoms with van der Waals surface area (Å²) in [7, 11) is 0. The van der Waals surface area contributed by atoms with Crippen molar-refractivity contribution < 1.29 is 9.18 Å². The molecule has 0 aliphatic heterocycles. The number of nitrogens with one attached hydrogen (secondary N) is 2. The number of aryl methyl sites for hydroxylation is 1. The van der Waals surface area contributed by atoms with E-state index in [0.29, 0.717) is 17.3 Å². The Kier molecular flexibility index (Phi) is 5.80. The highest BCUT2D eigenvalue weighted by molar-refractivity contribution is 5.99. The molecule has 2 aromatic carbocycles. The maximum absolute atomic E-state index is 13.2. The largest absolute Gasteiger partial charge is 0.323 e. The second-order valence-electron chi connectivity index (χ2n) is 6.72. The molecular weight excluding hydrogens is 345 g/mol. The van der Waals surface area contributed by atoms with Crippen LogP contribution in [0, 0.1) is 11.7 Å². The standard InChI is InChI=1S/C20H22FN5O/c1-14(2)6-7-18-13-26(25-24-18)19-10-8-16(9-11-19)22-20(27)23-17-5-3-4-15(21)12-17/h3-5,8-14H,6-7H2,1-2H3,(H2,22,23,27). The number of halogens is 1. The van der Waals surface area contributed by atoms with Gasteiger partial charge < -0.3 is 10.6 Å². The molecule has 1 aromatic heterocycles. The van der Waals surface area contributed by atoms with Crippen molar-refractivity contribution in [3.05, 3.63) is 66.2 Å². The minimum Gasteiger partial charge on any atom is -0.308 e. The fraction of sp³-hybridized carbons (Fsp3) is 0.250. The maximum Gasteiger partial charge on any atom is 0.323 e. The first-order chi connectivity index (χ1) is 13.0. The summed E-state index contributed by atoms with van der Waals surface area (Å²) in [4.78, 5) is 12.0. The van der Waals surface area contributed by atoms with E-state index >= 15 is 0 Å². The zero-order chi connectivity index (χ0) is 19.2. The smallest absolute Gasteiger partial charge is 0.308 e. The molecule has 140 valence electrons. The summed E-state index contributed by atoms with van der Waals surface area (Å²) in [5.74, 6) is 0.219. The number of carbonyl (C=O) groups is 1. The van der Waals surface area contributed by atoms with Crippen LogP contribution in [0.1, 0.15) is 26.0 Å². The van der Waals surface area contributed by atoms with Gasteiger partial charge in [0, 0.05) is 11.4 Å². The summed E-state index contributed by atoms with van der Waals surface area (Å²) in [5.41, 5.74) is 2.82. The molecule has 0 saturated carbocycles. The third-order valence-corrected chi connectivity index (χ3v) is 3.99. The van der Waals surface area contributed by atoms with Crippen molar-refractivity contribution in [1.29, 1.82) is 0 Å². The molecule has 2 N–H and O–H groups in total. The lowest BCUT2D eigenvalue weighted by molar-refractivity contribution is 0.262. The fourth-order valence-electron chi connectivity index (χ4n) is 2.53. The lowest BCUT2D eigenvalue weighted by Crippen LogP contribution is -2.19. The van der Waals surface area contributed by atoms with Crippen LogP contribution in [0.5, 0.6) is 0 Å². The second-order valence-corrected chi connectivity index (χ2v) is 6.72. The normalized spacial score (nSPS) is 10.8. The van der Waals surface area contributed by atoms with Crippen molar-refractivity contribution in [3.8, 4) is 5.69 Å². The molecule has 0 fully saturated rings. The van der Waals surface area contributed by atoms with Crippen molar-refractivity contribution in [2.75, 3.05) is 10.6 Å². The van der Waals surface area contributed by atoms with Crippen LogP contribution in [-0.2, 0) is 6.42 Å². The van der Waals surface area contributed by atoms with Crippen LogP contribution < -0.4 is 10.6 Å². The van der Waals surface area contributed by atoms with Crippen molar-refractivity contribution in [2.45, 2.75) is 26.7 Å². The van der Waals surface area contributed by atoms with Gasteiger partial charge in [0.15, 0.2) is 0 Å². The number of aromatic nitrogens is 3. The van der Waals surface area contributed by atoms with E-state index in [2.05, 4.69) is 34.8 Å². The van der Waals surface area contributed by atoms with Gasteiger partial charge in [-0.1, -0.05) is 25.1 Å². The Morgan fingerprint density at radius 3 is 2.56 bits per heavy atom. The lowest BCUT2D eigenvalue weighted by atomic mass is 10.1. The first kappa shape index (κ1) is 18.6. The van der Waals surface area contributed by atoms with Crippen LogP contribution in [0.25, 0.3) is 5.69 Å². The van der Waals surface area contributed by atoms with E-state index < -0.39 is 11.8 Å². The van der Waals surface area contributed by atoms with Crippen LogP contribution in [-0.4, -0.2) is 21.0 Å². The van der Waals surface area contributed by atoms with Gasteiger partial charge in [0.1, 0.15) is 5.82 Å². The highest BCUT2D eigenvalue weighted by Crippen LogP contribution is 2.15. The van der Waals surface area contributed by atoms with E-state index in [-0.39, 0.29) is 0 Å². The fourth-order valence-corrected chi connectivity index (χ4v) is 2.53. The summed E-state index contributed by atoms with van der Waals surface area (Å²) < 4.78 is 14.9. The zero-order valence-corrected chi connectivity index (χ0v) is 15.3. The SMILES string of the molecule is CC(C)CCc1cn(-c2ccc(NC(=O)Nc3cccc(F)c3)cc2)nn1. The average Bonchev–Trinajstić information content (AvgIpc) is 3.09. The first-order valence-corrected chi connectivity index (χ1v) is 8.85. The molecule has 0 aliphatic rings. The van der Waals surface area contributed by atoms with E-state index in [1.165, 1.54) is 18.2 Å². The van der Waals surface area contributed by atoms with Gasteiger partial charge in [0.2, 0.25) is 0 Å². The number of hydrogen-bond acceptors (Lipinski definition) is 3. The molecule has 27 heavy (non-hydrogen) atoms. The highest BCUT2D eigenvalue weighted by atomic mass is 19.1. The number of rotatable bonds is 6. The summed E-state index contributed by atoms with van der Waals surface area (Å²) in [5, 5.41) is 13.6. The van der Waals surface area contributed by atoms with E-state index in [1.807, 2.05) is 18.3 Å². The van der Waals surface area contributed by atoms with Gasteiger partial charge in [0.25, 0.3) is 0 Å². The summed E-state index contributed by atoms with van der Waals surface area (Å²) in [6.45, 7) is 4.36. The van der Waals surface area contributed by atoms with Gasteiger partial charge in [-0.25, -0.2) is 13.9 Å². The topological polar surface area (TPSA) is 71.8 Å². The van der Waals surface area contributed by atoms with Crippen LogP contribution in [0.4, 0.5) is 20.6 Å². The van der Waals surface area contributed by atoms with Crippen molar-refractivity contribution >= 4 is 17.4 Å². The second kappa shape index (κ2) is 8.44. The molecule has 0 saturated heterocycles. The summed E-state index contributed by atoms with van der Waals surface area (Å²) >= 11 is 0. The number of benzene rings is 2. The molecule has 0 unspecified atom stereocenters. The molecule has 7 heteroatoms. The van der Waals surface area contributed by atoms with Gasteiger partial charge in [-0.3, -0.25) is 0 Å². The Bertz CT molecular complexity index is 905. The van der Waals surface area contributed by atoms with Crippen LogP contribution in [0.3, 0.4) is 0 Å². The predicted molar refractivity (Wildman–Crippen MR) is 104 cm³/mol. The molecule has 0 radical (unpaired) electrons. The molecule has 0 aliphatic carbocycles. The van der Waals surface area contributed by atoms with E-state index in [9.17, 15) is 9.18 Å². The lowest BCUT2D eigenvalue weighted by Gasteiger charge is -2.08. The average molecular weight is 367 g/mol. The number of hydrogen-bond donors (Lipinski definition) is 2. The molecule has 1 heterocycles. The number of urea groups is 1. The Hall–Kier alpha value is -3.22. The van der Waals surface area contributed by atoms with Gasteiger partial charge in [-0.05, 0) is 61.2 Å². The van der Waals surface area contributed by atoms with Gasteiger partial charge >= 0.3 is 6.03 Å². The molecule has 3 rings (SSSR count). The number of carbonyl (C=O) groups excluding carboxylic acids is 1. The van der Waals surface area contributed by atoms with Crippen molar-refractivity contribution in [2.24, 2.45) is 5.92 Å². The van der Waals surface area contributed by atoms with Crippen molar-refractivity contribution in [3.63, 3.8) is 0 Å². The monoisotopic (exact) mass is 367 g/mol. The van der Waals surface area contributed by atoms with E-state index in [4.69, 9.17) is 0 Å². The van der Waals surface area contributed by atoms with Gasteiger partial charge in [0.05, 0.1) is 17.6 Å². The number of amides is 2. The molecule has 0 atom stereocenters. The summed E-state index contributed by atoms with van der Waals surface area (Å²) in [6.07, 6.45) is 3.89. The Balaban J connectivity index is 1.59. The third kappa shape index (κ3) is 5.37. The Labute approximate surface area is 157 Å². The Morgan fingerprint density at radius 2 is 1.85 bits per heavy atom. The highest BCUT2D eigenvalue weighted by Gasteiger charge is 2.06. The van der Waals surface area contributed by atoms with Crippen LogP contribution in [0.15, 0.2) is 54.7 Å². The first-order valence-electron chi connectivity index (χ1n) is 8.85. The van der Waals surface area contributed by atoms with E-state index in [0.717, 1.165) is 24.2 Å². The quantitative estimate of drug-likeness (QED) is 0.667. The summed E-state index contributed by atoms with van der Waals surface area (Å²) in [6, 6.07) is 12.5. The van der Waals surface area contributed by atoms with Gasteiger partial charge in [-0.2, -0.15) is 0 Å². The Morgan fingerprint density at radius 1 is 1.11 bits per heavy atom. The van der Waals surface area contributed by atoms with Crippen molar-refractivity contribution in [1.82, 2.24) is 15.0 Å². The number of nitrogens with zero attached hydrogens (tertiary/aromatic N) is 3. The minimum atomic E-state index is -0.440. The molecule has 3 aromatic rings. The molecule has 6 nitrogen and oxygen atoms in total. The predicted octanol–water partition coefficient (Wildman–Crippen LogP) is 4.64. The molecule has 0 spiro atoms.